The second-order valence-corrected chi connectivity index (χ2v) is 3.79. The molecule has 76 valence electrons. The van der Waals surface area contributed by atoms with Crippen molar-refractivity contribution in [2.24, 2.45) is 0 Å². The van der Waals surface area contributed by atoms with Crippen LogP contribution in [0.3, 0.4) is 0 Å². The van der Waals surface area contributed by atoms with Gasteiger partial charge in [0.15, 0.2) is 0 Å². The van der Waals surface area contributed by atoms with Gasteiger partial charge in [-0.1, -0.05) is 6.07 Å². The van der Waals surface area contributed by atoms with Gasteiger partial charge in [-0.05, 0) is 6.07 Å². The molecule has 1 aliphatic rings. The molecule has 1 fully saturated rings. The van der Waals surface area contributed by atoms with Crippen LogP contribution in [-0.4, -0.2) is 16.0 Å². The summed E-state index contributed by atoms with van der Waals surface area (Å²) in [4.78, 5) is 10.9. The normalized spacial score (nSPS) is 17.9. The Morgan fingerprint density at radius 1 is 1.33 bits per heavy atom. The maximum Gasteiger partial charge on any atom is 0.136 e. The Balaban J connectivity index is 2.46. The molecule has 0 saturated heterocycles. The van der Waals surface area contributed by atoms with Crippen LogP contribution in [-0.2, 0) is 10.2 Å². The summed E-state index contributed by atoms with van der Waals surface area (Å²) >= 11 is 0. The topological polar surface area (TPSA) is 81.3 Å². The number of rotatable bonds is 1. The van der Waals surface area contributed by atoms with Crippen molar-refractivity contribution in [1.29, 1.82) is 5.26 Å². The average Bonchev–Trinajstić information content (AvgIpc) is 2.13. The van der Waals surface area contributed by atoms with E-state index in [0.29, 0.717) is 5.56 Å². The summed E-state index contributed by atoms with van der Waals surface area (Å²) in [5, 5.41) is 27.7. The quantitative estimate of drug-likeness (QED) is 0.719. The Kier molecular flexibility index (Phi) is 1.90. The molecule has 0 heterocycles. The molecule has 4 nitrogen and oxygen atoms in total. The van der Waals surface area contributed by atoms with Crippen molar-refractivity contribution in [2.75, 3.05) is 0 Å². The van der Waals surface area contributed by atoms with E-state index < -0.39 is 5.41 Å². The lowest BCUT2D eigenvalue weighted by Crippen LogP contribution is -2.40. The van der Waals surface area contributed by atoms with Crippen LogP contribution in [0.4, 0.5) is 0 Å². The second kappa shape index (κ2) is 2.99. The van der Waals surface area contributed by atoms with E-state index in [9.17, 15) is 9.90 Å². The van der Waals surface area contributed by atoms with Crippen molar-refractivity contribution in [1.82, 2.24) is 0 Å². The first-order valence-electron chi connectivity index (χ1n) is 4.53. The van der Waals surface area contributed by atoms with E-state index in [0.717, 1.165) is 0 Å². The Labute approximate surface area is 86.4 Å². The molecule has 1 aliphatic carbocycles. The van der Waals surface area contributed by atoms with Gasteiger partial charge in [0.25, 0.3) is 0 Å². The number of carbonyl (C=O) groups is 1. The van der Waals surface area contributed by atoms with Crippen molar-refractivity contribution in [3.63, 3.8) is 0 Å². The van der Waals surface area contributed by atoms with Crippen LogP contribution in [0, 0.1) is 11.3 Å². The smallest absolute Gasteiger partial charge is 0.136 e. The predicted octanol–water partition coefficient (Wildman–Crippen LogP) is 1.22. The van der Waals surface area contributed by atoms with Crippen LogP contribution in [0.5, 0.6) is 11.5 Å². The van der Waals surface area contributed by atoms with Crippen LogP contribution in [0.1, 0.15) is 18.4 Å². The number of hydrogen-bond donors (Lipinski definition) is 2. The summed E-state index contributed by atoms with van der Waals surface area (Å²) in [5.74, 6) is -0.178. The Hall–Kier alpha value is -2.02. The molecule has 15 heavy (non-hydrogen) atoms. The van der Waals surface area contributed by atoms with Gasteiger partial charge in [0.2, 0.25) is 0 Å². The predicted molar refractivity (Wildman–Crippen MR) is 51.3 cm³/mol. The van der Waals surface area contributed by atoms with E-state index in [4.69, 9.17) is 10.4 Å². The average molecular weight is 203 g/mol. The molecule has 4 heteroatoms. The molecule has 0 spiro atoms. The first-order valence-corrected chi connectivity index (χ1v) is 4.53. The third-order valence-corrected chi connectivity index (χ3v) is 2.71. The number of carbonyl (C=O) groups excluding carboxylic acids is 1. The van der Waals surface area contributed by atoms with Crippen molar-refractivity contribution in [3.05, 3.63) is 23.8 Å². The van der Waals surface area contributed by atoms with Gasteiger partial charge >= 0.3 is 0 Å². The summed E-state index contributed by atoms with van der Waals surface area (Å²) in [5.41, 5.74) is -0.475. The molecule has 0 amide bonds. The standard InChI is InChI=1S/C11H9NO3/c12-6-11(4-8(14)5-11)9-2-1-7(13)3-10(9)15/h1-3,13,15H,4-5H2. The minimum atomic E-state index is -0.894. The number of Topliss-reactive ketones (excluding diaryl/α,β-unsaturated/α-hetero) is 1. The lowest BCUT2D eigenvalue weighted by Gasteiger charge is -2.34. The molecule has 0 aromatic heterocycles. The van der Waals surface area contributed by atoms with Gasteiger partial charge < -0.3 is 10.2 Å². The molecule has 1 aromatic rings. The highest BCUT2D eigenvalue weighted by Crippen LogP contribution is 2.44. The summed E-state index contributed by atoms with van der Waals surface area (Å²) in [7, 11) is 0. The summed E-state index contributed by atoms with van der Waals surface area (Å²) in [6.45, 7) is 0. The minimum Gasteiger partial charge on any atom is -0.508 e. The maximum atomic E-state index is 10.9. The highest BCUT2D eigenvalue weighted by Gasteiger charge is 2.46. The van der Waals surface area contributed by atoms with Crippen molar-refractivity contribution >= 4 is 5.78 Å². The lowest BCUT2D eigenvalue weighted by atomic mass is 9.64. The molecule has 1 saturated carbocycles. The monoisotopic (exact) mass is 203 g/mol. The number of nitrogens with zero attached hydrogens (tertiary/aromatic N) is 1. The number of ketones is 1. The van der Waals surface area contributed by atoms with Gasteiger partial charge in [0.1, 0.15) is 17.3 Å². The van der Waals surface area contributed by atoms with Gasteiger partial charge in [-0.25, -0.2) is 0 Å². The zero-order valence-electron chi connectivity index (χ0n) is 7.90. The molecule has 0 bridgehead atoms. The lowest BCUT2D eigenvalue weighted by molar-refractivity contribution is -0.126. The number of aromatic hydroxyl groups is 2. The van der Waals surface area contributed by atoms with Crippen LogP contribution >= 0.6 is 0 Å². The fourth-order valence-electron chi connectivity index (χ4n) is 1.88. The van der Waals surface area contributed by atoms with Crippen LogP contribution < -0.4 is 0 Å². The minimum absolute atomic E-state index is 0.0176. The zero-order chi connectivity index (χ0) is 11.1. The van der Waals surface area contributed by atoms with Crippen molar-refractivity contribution in [2.45, 2.75) is 18.3 Å². The van der Waals surface area contributed by atoms with E-state index in [2.05, 4.69) is 6.07 Å². The summed E-state index contributed by atoms with van der Waals surface area (Å²) < 4.78 is 0. The van der Waals surface area contributed by atoms with Gasteiger partial charge in [0, 0.05) is 24.5 Å². The van der Waals surface area contributed by atoms with Crippen molar-refractivity contribution in [3.8, 4) is 17.6 Å². The van der Waals surface area contributed by atoms with E-state index in [-0.39, 0.29) is 30.1 Å². The van der Waals surface area contributed by atoms with Gasteiger partial charge in [-0.15, -0.1) is 0 Å². The van der Waals surface area contributed by atoms with Crippen molar-refractivity contribution < 1.29 is 15.0 Å². The first-order chi connectivity index (χ1) is 7.07. The second-order valence-electron chi connectivity index (χ2n) is 3.79. The summed E-state index contributed by atoms with van der Waals surface area (Å²) in [6.07, 6.45) is 0.281. The molecule has 1 aromatic carbocycles. The van der Waals surface area contributed by atoms with Crippen LogP contribution in [0.2, 0.25) is 0 Å². The Morgan fingerprint density at radius 2 is 2.00 bits per heavy atom. The fraction of sp³-hybridized carbons (Fsp3) is 0.273. The van der Waals surface area contributed by atoms with E-state index in [1.54, 1.807) is 0 Å². The van der Waals surface area contributed by atoms with E-state index >= 15 is 0 Å². The van der Waals surface area contributed by atoms with Gasteiger partial charge in [-0.2, -0.15) is 5.26 Å². The van der Waals surface area contributed by atoms with Crippen LogP contribution in [0.25, 0.3) is 0 Å². The highest BCUT2D eigenvalue weighted by molar-refractivity contribution is 5.90. The molecule has 0 radical (unpaired) electrons. The molecule has 0 atom stereocenters. The largest absolute Gasteiger partial charge is 0.508 e. The fourth-order valence-corrected chi connectivity index (χ4v) is 1.88. The zero-order valence-corrected chi connectivity index (χ0v) is 7.90. The number of hydrogen-bond acceptors (Lipinski definition) is 4. The molecular weight excluding hydrogens is 194 g/mol. The molecule has 0 unspecified atom stereocenters. The number of phenolic OH excluding ortho intramolecular Hbond substituents is 2. The highest BCUT2D eigenvalue weighted by atomic mass is 16.3. The van der Waals surface area contributed by atoms with Gasteiger partial charge in [-0.3, -0.25) is 4.79 Å². The molecular formula is C11H9NO3. The van der Waals surface area contributed by atoms with Gasteiger partial charge in [0.05, 0.1) is 11.5 Å². The number of nitriles is 1. The number of phenols is 2. The van der Waals surface area contributed by atoms with E-state index in [1.165, 1.54) is 18.2 Å². The SMILES string of the molecule is N#CC1(c2ccc(O)cc2O)CC(=O)C1. The van der Waals surface area contributed by atoms with Crippen LogP contribution in [0.15, 0.2) is 18.2 Å². The maximum absolute atomic E-state index is 10.9. The first kappa shape index (κ1) is 9.53. The Morgan fingerprint density at radius 3 is 2.47 bits per heavy atom. The van der Waals surface area contributed by atoms with E-state index in [1.807, 2.05) is 0 Å². The third-order valence-electron chi connectivity index (χ3n) is 2.71. The molecule has 0 aliphatic heterocycles. The third kappa shape index (κ3) is 1.33. The summed E-state index contributed by atoms with van der Waals surface area (Å²) in [6, 6.07) is 6.12. The Bertz CT molecular complexity index is 465. The molecule has 2 rings (SSSR count). The molecule has 2 N–H and O–H groups in total. The number of benzene rings is 1.